The average molecular weight is 373 g/mol. The smallest absolute Gasteiger partial charge is 0.211 e. The first-order valence-corrected chi connectivity index (χ1v) is 11.0. The summed E-state index contributed by atoms with van der Waals surface area (Å²) in [4.78, 5) is 4.31. The van der Waals surface area contributed by atoms with Crippen molar-refractivity contribution >= 4 is 10.0 Å². The molecule has 1 aromatic heterocycles. The molecule has 1 aliphatic carbocycles. The number of hydrogen-bond acceptors (Lipinski definition) is 4. The van der Waals surface area contributed by atoms with Crippen molar-refractivity contribution in [1.82, 2.24) is 13.9 Å². The second-order valence-electron chi connectivity index (χ2n) is 8.06. The lowest BCUT2D eigenvalue weighted by atomic mass is 9.53. The van der Waals surface area contributed by atoms with E-state index in [1.165, 1.54) is 21.7 Å². The molecule has 2 fully saturated rings. The van der Waals surface area contributed by atoms with Crippen molar-refractivity contribution in [3.63, 3.8) is 0 Å². The second-order valence-corrected chi connectivity index (χ2v) is 10.0. The van der Waals surface area contributed by atoms with Gasteiger partial charge in [0.1, 0.15) is 0 Å². The van der Waals surface area contributed by atoms with Crippen molar-refractivity contribution in [3.8, 4) is 11.3 Å². The van der Waals surface area contributed by atoms with Gasteiger partial charge in [-0.3, -0.25) is 0 Å². The first-order chi connectivity index (χ1) is 12.4. The Morgan fingerprint density at radius 2 is 1.96 bits per heavy atom. The van der Waals surface area contributed by atoms with E-state index in [1.807, 2.05) is 18.6 Å². The number of aliphatic hydroxyl groups excluding tert-OH is 1. The van der Waals surface area contributed by atoms with Gasteiger partial charge in [0.05, 0.1) is 36.6 Å². The third kappa shape index (κ3) is 2.17. The van der Waals surface area contributed by atoms with Gasteiger partial charge in [-0.25, -0.2) is 17.7 Å². The first kappa shape index (κ1) is 16.5. The molecule has 0 amide bonds. The van der Waals surface area contributed by atoms with Crippen LogP contribution in [0, 0.1) is 11.3 Å². The number of benzene rings is 1. The Hall–Kier alpha value is -1.70. The van der Waals surface area contributed by atoms with Crippen LogP contribution in [0.3, 0.4) is 0 Å². The van der Waals surface area contributed by atoms with E-state index in [0.717, 1.165) is 25.0 Å². The van der Waals surface area contributed by atoms with Crippen molar-refractivity contribution in [2.75, 3.05) is 19.3 Å². The molecular formula is C19H23N3O3S. The van der Waals surface area contributed by atoms with Gasteiger partial charge in [0.15, 0.2) is 0 Å². The van der Waals surface area contributed by atoms with Crippen LogP contribution in [0.5, 0.6) is 0 Å². The fourth-order valence-electron chi connectivity index (χ4n) is 5.35. The summed E-state index contributed by atoms with van der Waals surface area (Å²) in [5.41, 5.74) is 3.45. The van der Waals surface area contributed by atoms with E-state index in [0.29, 0.717) is 13.1 Å². The van der Waals surface area contributed by atoms with Gasteiger partial charge in [0.2, 0.25) is 10.0 Å². The molecule has 1 spiro atoms. The normalized spacial score (nSPS) is 30.0. The third-order valence-corrected chi connectivity index (χ3v) is 8.09. The number of imidazole rings is 1. The van der Waals surface area contributed by atoms with Crippen molar-refractivity contribution < 1.29 is 13.5 Å². The van der Waals surface area contributed by atoms with Crippen LogP contribution in [0.4, 0.5) is 0 Å². The number of piperidine rings is 1. The van der Waals surface area contributed by atoms with Gasteiger partial charge < -0.3 is 9.67 Å². The maximum Gasteiger partial charge on any atom is 0.211 e. The molecule has 6 nitrogen and oxygen atoms in total. The fraction of sp³-hybridized carbons (Fsp3) is 0.526. The number of sulfonamides is 1. The first-order valence-electron chi connectivity index (χ1n) is 9.15. The number of rotatable bonds is 2. The highest BCUT2D eigenvalue weighted by Crippen LogP contribution is 2.59. The molecule has 1 N–H and O–H groups in total. The Morgan fingerprint density at radius 1 is 1.23 bits per heavy atom. The highest BCUT2D eigenvalue weighted by Gasteiger charge is 2.58. The van der Waals surface area contributed by atoms with E-state index >= 15 is 0 Å². The molecule has 1 saturated heterocycles. The molecule has 0 bridgehead atoms. The van der Waals surface area contributed by atoms with Crippen LogP contribution in [-0.2, 0) is 10.0 Å². The minimum Gasteiger partial charge on any atom is -0.392 e. The van der Waals surface area contributed by atoms with Crippen LogP contribution in [0.25, 0.3) is 11.3 Å². The van der Waals surface area contributed by atoms with Gasteiger partial charge >= 0.3 is 0 Å². The zero-order chi connectivity index (χ0) is 18.1. The Labute approximate surface area is 153 Å². The molecule has 3 heterocycles. The minimum atomic E-state index is -3.14. The SMILES string of the molecule is CS(=O)(=O)N1CCC2(CC1)C[C@H]([C@@H]1c3ccccc3-c3cncn31)[C@H]2O. The Morgan fingerprint density at radius 3 is 2.65 bits per heavy atom. The van der Waals surface area contributed by atoms with E-state index in [2.05, 4.69) is 27.8 Å². The van der Waals surface area contributed by atoms with Gasteiger partial charge in [-0.15, -0.1) is 0 Å². The lowest BCUT2D eigenvalue weighted by molar-refractivity contribution is -0.152. The van der Waals surface area contributed by atoms with E-state index < -0.39 is 16.1 Å². The molecule has 3 atom stereocenters. The third-order valence-electron chi connectivity index (χ3n) is 6.79. The van der Waals surface area contributed by atoms with E-state index in [4.69, 9.17) is 0 Å². The zero-order valence-electron chi connectivity index (χ0n) is 14.7. The van der Waals surface area contributed by atoms with Crippen LogP contribution >= 0.6 is 0 Å². The molecule has 2 aromatic rings. The predicted molar refractivity (Wildman–Crippen MR) is 98.0 cm³/mol. The molecule has 138 valence electrons. The van der Waals surface area contributed by atoms with Crippen LogP contribution < -0.4 is 0 Å². The maximum absolute atomic E-state index is 11.8. The van der Waals surface area contributed by atoms with Crippen molar-refractivity contribution in [3.05, 3.63) is 42.4 Å². The Balaban J connectivity index is 1.40. The zero-order valence-corrected chi connectivity index (χ0v) is 15.6. The number of aliphatic hydroxyl groups is 1. The maximum atomic E-state index is 11.8. The molecule has 3 aliphatic rings. The quantitative estimate of drug-likeness (QED) is 0.872. The molecule has 0 unspecified atom stereocenters. The predicted octanol–water partition coefficient (Wildman–Crippen LogP) is 1.88. The largest absolute Gasteiger partial charge is 0.392 e. The fourth-order valence-corrected chi connectivity index (χ4v) is 6.20. The van der Waals surface area contributed by atoms with Crippen LogP contribution in [0.15, 0.2) is 36.8 Å². The minimum absolute atomic E-state index is 0.122. The van der Waals surface area contributed by atoms with Gasteiger partial charge in [-0.05, 0) is 30.2 Å². The molecule has 5 rings (SSSR count). The van der Waals surface area contributed by atoms with Gasteiger partial charge in [0.25, 0.3) is 0 Å². The van der Waals surface area contributed by atoms with E-state index in [9.17, 15) is 13.5 Å². The highest BCUT2D eigenvalue weighted by molar-refractivity contribution is 7.88. The summed E-state index contributed by atoms with van der Waals surface area (Å²) < 4.78 is 27.2. The summed E-state index contributed by atoms with van der Waals surface area (Å²) >= 11 is 0. The Bertz CT molecular complexity index is 960. The van der Waals surface area contributed by atoms with E-state index in [-0.39, 0.29) is 17.4 Å². The summed E-state index contributed by atoms with van der Waals surface area (Å²) in [7, 11) is -3.14. The van der Waals surface area contributed by atoms with Gasteiger partial charge in [-0.1, -0.05) is 24.3 Å². The van der Waals surface area contributed by atoms with Gasteiger partial charge in [0, 0.05) is 24.6 Å². The second kappa shape index (κ2) is 5.41. The summed E-state index contributed by atoms with van der Waals surface area (Å²) in [6.07, 6.45) is 7.03. The van der Waals surface area contributed by atoms with Crippen LogP contribution in [0.2, 0.25) is 0 Å². The monoisotopic (exact) mass is 373 g/mol. The molecular weight excluding hydrogens is 350 g/mol. The van der Waals surface area contributed by atoms with Crippen molar-refractivity contribution in [2.45, 2.75) is 31.4 Å². The summed E-state index contributed by atoms with van der Waals surface area (Å²) in [5.74, 6) is 0.149. The highest BCUT2D eigenvalue weighted by atomic mass is 32.2. The standard InChI is InChI=1S/C19H23N3O3S/c1-26(24,25)21-8-6-19(7-9-21)10-15(18(19)23)17-14-5-3-2-4-13(14)16-11-20-12-22(16)17/h2-5,11-12,15,17-18,23H,6-10H2,1H3/t15-,17+,18-/m1/s1. The number of hydrogen-bond donors (Lipinski definition) is 1. The average Bonchev–Trinajstić information content (AvgIpc) is 3.20. The molecule has 26 heavy (non-hydrogen) atoms. The number of fused-ring (bicyclic) bond motifs is 3. The number of aromatic nitrogens is 2. The molecule has 1 saturated carbocycles. The Kier molecular flexibility index (Phi) is 3.42. The molecule has 2 aliphatic heterocycles. The molecule has 0 radical (unpaired) electrons. The summed E-state index contributed by atoms with van der Waals surface area (Å²) in [6.45, 7) is 1.03. The lowest BCUT2D eigenvalue weighted by Gasteiger charge is -2.57. The van der Waals surface area contributed by atoms with Crippen LogP contribution in [-0.4, -0.2) is 52.8 Å². The van der Waals surface area contributed by atoms with Crippen LogP contribution in [0.1, 0.15) is 30.9 Å². The topological polar surface area (TPSA) is 75.4 Å². The lowest BCUT2D eigenvalue weighted by Crippen LogP contribution is -2.59. The molecule has 7 heteroatoms. The van der Waals surface area contributed by atoms with Crippen molar-refractivity contribution in [2.24, 2.45) is 11.3 Å². The van der Waals surface area contributed by atoms with E-state index in [1.54, 1.807) is 0 Å². The summed E-state index contributed by atoms with van der Waals surface area (Å²) in [6, 6.07) is 8.48. The van der Waals surface area contributed by atoms with Gasteiger partial charge in [-0.2, -0.15) is 0 Å². The van der Waals surface area contributed by atoms with Crippen molar-refractivity contribution in [1.29, 1.82) is 0 Å². The number of nitrogens with zero attached hydrogens (tertiary/aromatic N) is 3. The molecule has 1 aromatic carbocycles. The summed E-state index contributed by atoms with van der Waals surface area (Å²) in [5, 5.41) is 11.1.